The van der Waals surface area contributed by atoms with Gasteiger partial charge in [0.05, 0.1) is 20.5 Å². The summed E-state index contributed by atoms with van der Waals surface area (Å²) in [6.45, 7) is 0.172. The molecule has 2 aromatic rings. The van der Waals surface area contributed by atoms with Crippen LogP contribution in [-0.4, -0.2) is 56.1 Å². The fraction of sp³-hybridized carbons (Fsp3) is 0.263. The normalized spacial score (nSPS) is 13.9. The Morgan fingerprint density at radius 1 is 1.06 bits per heavy atom. The maximum absolute atomic E-state index is 14.6. The highest BCUT2D eigenvalue weighted by Gasteiger charge is 2.55. The van der Waals surface area contributed by atoms with Gasteiger partial charge in [0.2, 0.25) is 15.4 Å². The van der Waals surface area contributed by atoms with E-state index in [1.54, 1.807) is 5.32 Å². The second kappa shape index (κ2) is 8.68. The molecule has 0 aliphatic heterocycles. The average Bonchev–Trinajstić information content (AvgIpc) is 2.69. The number of nitrogens with zero attached hydrogens (tertiary/aromatic N) is 1. The van der Waals surface area contributed by atoms with Crippen LogP contribution in [0.5, 0.6) is 0 Å². The van der Waals surface area contributed by atoms with Crippen molar-refractivity contribution in [1.82, 2.24) is 4.90 Å². The molecule has 174 valence electrons. The Kier molecular flexibility index (Phi) is 6.93. The van der Waals surface area contributed by atoms with Gasteiger partial charge in [-0.3, -0.25) is 9.59 Å². The maximum atomic E-state index is 14.6. The average molecular weight is 497 g/mol. The molecule has 32 heavy (non-hydrogen) atoms. The van der Waals surface area contributed by atoms with Crippen molar-refractivity contribution < 1.29 is 40.7 Å². The summed E-state index contributed by atoms with van der Waals surface area (Å²) in [6.07, 6.45) is -5.35. The number of sulfone groups is 1. The first kappa shape index (κ1) is 25.6. The molecule has 1 unspecified atom stereocenters. The molecule has 0 aliphatic carbocycles. The molecular weight excluding hydrogens is 480 g/mol. The van der Waals surface area contributed by atoms with Crippen molar-refractivity contribution in [3.63, 3.8) is 0 Å². The zero-order valence-electron chi connectivity index (χ0n) is 16.8. The van der Waals surface area contributed by atoms with E-state index in [-0.39, 0.29) is 23.3 Å². The summed E-state index contributed by atoms with van der Waals surface area (Å²) in [6, 6.07) is 6.19. The van der Waals surface area contributed by atoms with Gasteiger partial charge in [-0.15, -0.1) is 0 Å². The molecule has 0 fully saturated rings. The van der Waals surface area contributed by atoms with Crippen molar-refractivity contribution >= 4 is 38.9 Å². The van der Waals surface area contributed by atoms with Crippen LogP contribution in [0.25, 0.3) is 0 Å². The van der Waals surface area contributed by atoms with E-state index in [0.717, 1.165) is 18.2 Å². The van der Waals surface area contributed by atoms with Gasteiger partial charge in [0.15, 0.2) is 5.82 Å². The summed E-state index contributed by atoms with van der Waals surface area (Å²) < 4.78 is 78.5. The van der Waals surface area contributed by atoms with Gasteiger partial charge in [0.1, 0.15) is 0 Å². The zero-order chi connectivity index (χ0) is 24.6. The monoisotopic (exact) mass is 496 g/mol. The lowest BCUT2D eigenvalue weighted by molar-refractivity contribution is -0.242. The fourth-order valence-corrected chi connectivity index (χ4v) is 4.16. The van der Waals surface area contributed by atoms with E-state index in [1.165, 1.54) is 31.1 Å². The van der Waals surface area contributed by atoms with Crippen LogP contribution in [0, 0.1) is 5.82 Å². The quantitative estimate of drug-likeness (QED) is 0.618. The Morgan fingerprint density at radius 2 is 1.59 bits per heavy atom. The van der Waals surface area contributed by atoms with Crippen molar-refractivity contribution in [2.45, 2.75) is 28.5 Å². The molecule has 0 saturated carbocycles. The minimum atomic E-state index is -5.35. The molecule has 0 bridgehead atoms. The molecule has 2 amide bonds. The number of hydrogen-bond donors (Lipinski definition) is 2. The summed E-state index contributed by atoms with van der Waals surface area (Å²) in [5.41, 5.74) is -4.50. The summed E-state index contributed by atoms with van der Waals surface area (Å²) >= 11 is 5.79. The number of rotatable bonds is 5. The first-order chi connectivity index (χ1) is 14.5. The number of nitrogens with one attached hydrogen (secondary N) is 1. The molecule has 2 N–H and O–H groups in total. The third-order valence-electron chi connectivity index (χ3n) is 4.40. The number of benzene rings is 2. The Hall–Kier alpha value is -2.70. The van der Waals surface area contributed by atoms with Crippen LogP contribution in [0.2, 0.25) is 5.02 Å². The second-order valence-corrected chi connectivity index (χ2v) is 9.29. The van der Waals surface area contributed by atoms with E-state index in [0.29, 0.717) is 6.07 Å². The van der Waals surface area contributed by atoms with Gasteiger partial charge in [0.25, 0.3) is 11.8 Å². The molecule has 0 spiro atoms. The molecule has 2 rings (SSSR count). The molecule has 0 heterocycles. The molecule has 7 nitrogen and oxygen atoms in total. The van der Waals surface area contributed by atoms with Crippen molar-refractivity contribution in [3.05, 3.63) is 52.8 Å². The van der Waals surface area contributed by atoms with Crippen molar-refractivity contribution in [3.8, 4) is 0 Å². The van der Waals surface area contributed by atoms with Gasteiger partial charge in [-0.25, -0.2) is 12.8 Å². The summed E-state index contributed by atoms with van der Waals surface area (Å²) in [5, 5.41) is 9.91. The number of aliphatic hydroxyl groups is 1. The van der Waals surface area contributed by atoms with Gasteiger partial charge in [-0.2, -0.15) is 13.2 Å². The lowest BCUT2D eigenvalue weighted by atomic mass is 10.1. The van der Waals surface area contributed by atoms with Crippen LogP contribution in [0.1, 0.15) is 17.3 Å². The van der Waals surface area contributed by atoms with Crippen LogP contribution in [-0.2, 0) is 14.6 Å². The molecule has 2 aromatic carbocycles. The Balaban J connectivity index is 2.41. The predicted molar refractivity (Wildman–Crippen MR) is 107 cm³/mol. The van der Waals surface area contributed by atoms with Crippen LogP contribution in [0.15, 0.2) is 46.2 Å². The van der Waals surface area contributed by atoms with Crippen LogP contribution in [0.4, 0.5) is 23.2 Å². The van der Waals surface area contributed by atoms with E-state index < -0.39 is 48.9 Å². The van der Waals surface area contributed by atoms with Crippen LogP contribution < -0.4 is 5.32 Å². The van der Waals surface area contributed by atoms with E-state index >= 15 is 0 Å². The van der Waals surface area contributed by atoms with Gasteiger partial charge >= 0.3 is 6.18 Å². The number of hydrogen-bond acceptors (Lipinski definition) is 5. The van der Waals surface area contributed by atoms with Gasteiger partial charge < -0.3 is 15.3 Å². The molecule has 13 heteroatoms. The molecule has 0 saturated heterocycles. The van der Waals surface area contributed by atoms with Crippen molar-refractivity contribution in [1.29, 1.82) is 0 Å². The summed E-state index contributed by atoms with van der Waals surface area (Å²) in [4.78, 5) is 23.9. The number of halogens is 5. The second-order valence-electron chi connectivity index (χ2n) is 6.99. The Labute approximate surface area is 185 Å². The van der Waals surface area contributed by atoms with Crippen molar-refractivity contribution in [2.75, 3.05) is 19.4 Å². The van der Waals surface area contributed by atoms with Crippen LogP contribution >= 0.6 is 11.6 Å². The maximum Gasteiger partial charge on any atom is 0.426 e. The molecule has 1 atom stereocenters. The highest BCUT2D eigenvalue weighted by atomic mass is 35.5. The largest absolute Gasteiger partial charge is 0.426 e. The van der Waals surface area contributed by atoms with E-state index in [1.807, 2.05) is 0 Å². The number of carbonyl (C=O) groups excluding carboxylic acids is 2. The van der Waals surface area contributed by atoms with E-state index in [9.17, 15) is 40.7 Å². The molecule has 0 aliphatic rings. The molecule has 0 radical (unpaired) electrons. The van der Waals surface area contributed by atoms with Crippen LogP contribution in [0.3, 0.4) is 0 Å². The Morgan fingerprint density at radius 3 is 2.06 bits per heavy atom. The minimum Gasteiger partial charge on any atom is -0.373 e. The van der Waals surface area contributed by atoms with E-state index in [4.69, 9.17) is 11.6 Å². The highest BCUT2D eigenvalue weighted by Crippen LogP contribution is 2.35. The SMILES string of the molecule is CN(C)C(=O)c1ccc(S(=O)(=O)c2ccc(NC(=O)C(C)(O)C(F)(F)F)c(F)c2Cl)cc1. The summed E-state index contributed by atoms with van der Waals surface area (Å²) in [5.74, 6) is -3.89. The van der Waals surface area contributed by atoms with Gasteiger partial charge in [-0.05, 0) is 43.3 Å². The third kappa shape index (κ3) is 4.71. The third-order valence-corrected chi connectivity index (χ3v) is 6.69. The van der Waals surface area contributed by atoms with E-state index in [2.05, 4.69) is 0 Å². The standard InChI is InChI=1S/C19H17ClF4N2O5S/c1-18(29,19(22,23)24)17(28)25-12-8-9-13(14(20)15(12)21)32(30,31)11-6-4-10(5-7-11)16(27)26(2)3/h4-9,29H,1-3H3,(H,25,28). The topological polar surface area (TPSA) is 104 Å². The minimum absolute atomic E-state index is 0.172. The number of carbonyl (C=O) groups is 2. The zero-order valence-corrected chi connectivity index (χ0v) is 18.4. The Bertz CT molecular complexity index is 1160. The predicted octanol–water partition coefficient (Wildman–Crippen LogP) is 3.27. The fourth-order valence-electron chi connectivity index (χ4n) is 2.37. The lowest BCUT2D eigenvalue weighted by Gasteiger charge is -2.25. The number of amides is 2. The number of alkyl halides is 3. The molecular formula is C19H17ClF4N2O5S. The highest BCUT2D eigenvalue weighted by molar-refractivity contribution is 7.91. The lowest BCUT2D eigenvalue weighted by Crippen LogP contribution is -2.52. The first-order valence-corrected chi connectivity index (χ1v) is 10.5. The summed E-state index contributed by atoms with van der Waals surface area (Å²) in [7, 11) is -1.38. The number of anilines is 1. The van der Waals surface area contributed by atoms with Crippen molar-refractivity contribution in [2.24, 2.45) is 0 Å². The molecule has 0 aromatic heterocycles. The van der Waals surface area contributed by atoms with Gasteiger partial charge in [0, 0.05) is 19.7 Å². The van der Waals surface area contributed by atoms with Gasteiger partial charge in [-0.1, -0.05) is 11.6 Å². The first-order valence-electron chi connectivity index (χ1n) is 8.67. The smallest absolute Gasteiger partial charge is 0.373 e.